The average Bonchev–Trinajstić information content (AvgIpc) is 2.96. The van der Waals surface area contributed by atoms with Crippen molar-refractivity contribution in [3.63, 3.8) is 0 Å². The Bertz CT molecular complexity index is 1480. The summed E-state index contributed by atoms with van der Waals surface area (Å²) in [4.78, 5) is 55.1. The van der Waals surface area contributed by atoms with Crippen LogP contribution in [0, 0.1) is 23.3 Å². The van der Waals surface area contributed by atoms with Crippen molar-refractivity contribution >= 4 is 35.6 Å². The third kappa shape index (κ3) is 13.2. The number of anilines is 1. The van der Waals surface area contributed by atoms with E-state index in [1.165, 1.54) is 18.5 Å². The van der Waals surface area contributed by atoms with E-state index < -0.39 is 59.0 Å². The Labute approximate surface area is 263 Å². The number of halogens is 4. The highest BCUT2D eigenvalue weighted by atomic mass is 19.1. The molecule has 0 bridgehead atoms. The first-order valence-electron chi connectivity index (χ1n) is 14.3. The number of nitrogens with one attached hydrogen (secondary N) is 3. The second kappa shape index (κ2) is 18.6. The Morgan fingerprint density at radius 3 is 1.61 bits per heavy atom. The van der Waals surface area contributed by atoms with Crippen molar-refractivity contribution in [3.8, 4) is 0 Å². The molecule has 3 aromatic rings. The molecule has 46 heavy (non-hydrogen) atoms. The summed E-state index contributed by atoms with van der Waals surface area (Å²) in [6.45, 7) is 7.23. The molecule has 2 unspecified atom stereocenters. The number of hydrogen-bond acceptors (Lipinski definition) is 6. The van der Waals surface area contributed by atoms with Gasteiger partial charge in [-0.05, 0) is 54.3 Å². The molecule has 1 aromatic heterocycles. The van der Waals surface area contributed by atoms with Crippen LogP contribution in [0.2, 0.25) is 0 Å². The second-order valence-electron chi connectivity index (χ2n) is 10.1. The monoisotopic (exact) mass is 645 g/mol. The van der Waals surface area contributed by atoms with Crippen LogP contribution in [0.1, 0.15) is 56.4 Å². The lowest BCUT2D eigenvalue weighted by Gasteiger charge is -2.17. The second-order valence-corrected chi connectivity index (χ2v) is 10.1. The number of rotatable bonds is 14. The van der Waals surface area contributed by atoms with Crippen LogP contribution in [0.3, 0.4) is 0 Å². The van der Waals surface area contributed by atoms with Crippen molar-refractivity contribution in [3.05, 3.63) is 95.5 Å². The molecule has 0 fully saturated rings. The minimum Gasteiger partial charge on any atom is -0.480 e. The van der Waals surface area contributed by atoms with Crippen LogP contribution in [0.5, 0.6) is 0 Å². The van der Waals surface area contributed by atoms with E-state index in [2.05, 4.69) is 32.5 Å². The van der Waals surface area contributed by atoms with E-state index in [0.717, 1.165) is 30.3 Å². The van der Waals surface area contributed by atoms with Crippen LogP contribution < -0.4 is 16.0 Å². The van der Waals surface area contributed by atoms with E-state index in [4.69, 9.17) is 5.11 Å². The molecule has 2 aromatic carbocycles. The molecule has 0 aliphatic rings. The lowest BCUT2D eigenvalue weighted by Crippen LogP contribution is -2.44. The molecule has 4 N–H and O–H groups in total. The molecule has 0 saturated carbocycles. The number of aliphatic carboxylic acids is 1. The molecule has 2 atom stereocenters. The molecule has 0 aliphatic carbocycles. The van der Waals surface area contributed by atoms with Crippen LogP contribution in [0.15, 0.2) is 55.4 Å². The average molecular weight is 646 g/mol. The van der Waals surface area contributed by atoms with Crippen molar-refractivity contribution < 1.29 is 41.8 Å². The summed E-state index contributed by atoms with van der Waals surface area (Å²) >= 11 is 0. The van der Waals surface area contributed by atoms with Crippen LogP contribution in [0.25, 0.3) is 6.08 Å². The highest BCUT2D eigenvalue weighted by Gasteiger charge is 2.21. The number of carbonyl (C=O) groups is 4. The minimum absolute atomic E-state index is 0.163. The maximum atomic E-state index is 13.2. The van der Waals surface area contributed by atoms with Crippen molar-refractivity contribution in [2.75, 3.05) is 5.32 Å². The van der Waals surface area contributed by atoms with Gasteiger partial charge in [-0.1, -0.05) is 33.3 Å². The van der Waals surface area contributed by atoms with E-state index in [0.29, 0.717) is 37.4 Å². The van der Waals surface area contributed by atoms with Crippen molar-refractivity contribution in [1.29, 1.82) is 0 Å². The van der Waals surface area contributed by atoms with Crippen LogP contribution in [-0.2, 0) is 32.0 Å². The van der Waals surface area contributed by atoms with E-state index >= 15 is 0 Å². The third-order valence-corrected chi connectivity index (χ3v) is 6.15. The number of aromatic nitrogens is 2. The Balaban J connectivity index is 0.000000341. The van der Waals surface area contributed by atoms with E-state index in [1.807, 2.05) is 6.92 Å². The van der Waals surface area contributed by atoms with E-state index in [1.54, 1.807) is 6.92 Å². The Kier molecular flexibility index (Phi) is 15.0. The van der Waals surface area contributed by atoms with Crippen molar-refractivity contribution in [2.45, 2.75) is 64.5 Å². The predicted molar refractivity (Wildman–Crippen MR) is 162 cm³/mol. The van der Waals surface area contributed by atoms with Gasteiger partial charge in [0, 0.05) is 12.1 Å². The summed E-state index contributed by atoms with van der Waals surface area (Å²) in [6, 6.07) is 3.89. The van der Waals surface area contributed by atoms with Gasteiger partial charge in [0.1, 0.15) is 35.4 Å². The van der Waals surface area contributed by atoms with Crippen LogP contribution >= 0.6 is 0 Å². The number of amides is 3. The Hall–Kier alpha value is -5.14. The summed E-state index contributed by atoms with van der Waals surface area (Å²) in [6.07, 6.45) is 5.81. The van der Waals surface area contributed by atoms with Gasteiger partial charge >= 0.3 is 5.97 Å². The number of carboxylic acid groups (broad SMARTS) is 1. The maximum absolute atomic E-state index is 13.2. The van der Waals surface area contributed by atoms with E-state index in [-0.39, 0.29) is 29.8 Å². The normalized spacial score (nSPS) is 11.7. The molecule has 0 aliphatic heterocycles. The summed E-state index contributed by atoms with van der Waals surface area (Å²) in [5, 5.41) is 16.4. The zero-order valence-electron chi connectivity index (χ0n) is 25.3. The van der Waals surface area contributed by atoms with Crippen molar-refractivity contribution in [1.82, 2.24) is 20.6 Å². The minimum atomic E-state index is -1.12. The lowest BCUT2D eigenvalue weighted by atomic mass is 10.1. The fourth-order valence-corrected chi connectivity index (χ4v) is 4.11. The SMILES string of the molecule is C=Cc1cnc(NC(=O)C(CCC)NC(=O)Cc2cc(F)cc(F)c2)cn1.CCCC(NC(=O)Cc1cc(F)cc(F)c1)C(=O)O. The Morgan fingerprint density at radius 1 is 0.761 bits per heavy atom. The summed E-state index contributed by atoms with van der Waals surface area (Å²) in [5.74, 6) is -5.49. The summed E-state index contributed by atoms with van der Waals surface area (Å²) < 4.78 is 52.3. The number of hydrogen-bond donors (Lipinski definition) is 4. The molecule has 10 nitrogen and oxygen atoms in total. The molecule has 14 heteroatoms. The van der Waals surface area contributed by atoms with Gasteiger partial charge in [0.15, 0.2) is 5.82 Å². The predicted octanol–water partition coefficient (Wildman–Crippen LogP) is 4.74. The highest BCUT2D eigenvalue weighted by Crippen LogP contribution is 2.11. The first kappa shape index (κ1) is 37.0. The van der Waals surface area contributed by atoms with Gasteiger partial charge in [-0.15, -0.1) is 0 Å². The summed E-state index contributed by atoms with van der Waals surface area (Å²) in [5.41, 5.74) is 0.913. The van der Waals surface area contributed by atoms with Gasteiger partial charge in [-0.2, -0.15) is 0 Å². The zero-order valence-corrected chi connectivity index (χ0v) is 25.3. The Morgan fingerprint density at radius 2 is 1.22 bits per heavy atom. The highest BCUT2D eigenvalue weighted by molar-refractivity contribution is 5.96. The van der Waals surface area contributed by atoms with Crippen LogP contribution in [-0.4, -0.2) is 50.8 Å². The quantitative estimate of drug-likeness (QED) is 0.185. The standard InChI is InChI=1S/C19H20F2N4O2.C13H15F2NO3/c1-3-5-16(19(27)25-17-11-22-15(4-2)10-23-17)24-18(26)8-12-6-13(20)9-14(21)7-12;1-2-3-11(13(18)19)16-12(17)6-8-4-9(14)7-10(15)5-8/h4,6-7,9-11,16H,2-3,5,8H2,1H3,(H,24,26)(H,23,25,27);4-5,7,11H,2-3,6H2,1H3,(H,16,17)(H,18,19). The molecular formula is C32H35F4N5O5. The number of benzene rings is 2. The van der Waals surface area contributed by atoms with Gasteiger partial charge in [-0.3, -0.25) is 19.4 Å². The molecule has 0 spiro atoms. The van der Waals surface area contributed by atoms with Gasteiger partial charge in [0.25, 0.3) is 0 Å². The maximum Gasteiger partial charge on any atom is 0.326 e. The molecule has 0 saturated heterocycles. The number of carbonyl (C=O) groups excluding carboxylic acids is 3. The number of carboxylic acids is 1. The van der Waals surface area contributed by atoms with Gasteiger partial charge in [-0.25, -0.2) is 27.3 Å². The van der Waals surface area contributed by atoms with Gasteiger partial charge in [0.2, 0.25) is 17.7 Å². The largest absolute Gasteiger partial charge is 0.480 e. The summed E-state index contributed by atoms with van der Waals surface area (Å²) in [7, 11) is 0. The fourth-order valence-electron chi connectivity index (χ4n) is 4.11. The van der Waals surface area contributed by atoms with Crippen molar-refractivity contribution in [2.24, 2.45) is 0 Å². The third-order valence-electron chi connectivity index (χ3n) is 6.15. The molecule has 3 amide bonds. The smallest absolute Gasteiger partial charge is 0.326 e. The van der Waals surface area contributed by atoms with Gasteiger partial charge < -0.3 is 21.1 Å². The molecule has 0 radical (unpaired) electrons. The lowest BCUT2D eigenvalue weighted by molar-refractivity contribution is -0.142. The van der Waals surface area contributed by atoms with Crippen LogP contribution in [0.4, 0.5) is 23.4 Å². The molecule has 246 valence electrons. The zero-order chi connectivity index (χ0) is 34.2. The molecule has 1 heterocycles. The first-order chi connectivity index (χ1) is 21.8. The molecular weight excluding hydrogens is 610 g/mol. The topological polar surface area (TPSA) is 150 Å². The molecule has 3 rings (SSSR count). The number of nitrogens with zero attached hydrogens (tertiary/aromatic N) is 2. The van der Waals surface area contributed by atoms with Gasteiger partial charge in [0.05, 0.1) is 30.9 Å². The fraction of sp³-hybridized carbons (Fsp3) is 0.312. The first-order valence-corrected chi connectivity index (χ1v) is 14.3. The van der Waals surface area contributed by atoms with E-state index in [9.17, 15) is 36.7 Å².